The van der Waals surface area contributed by atoms with Crippen molar-refractivity contribution in [3.05, 3.63) is 82.0 Å². The zero-order chi connectivity index (χ0) is 27.8. The molecule has 0 fully saturated rings. The first kappa shape index (κ1) is 27.5. The number of benzene rings is 2. The van der Waals surface area contributed by atoms with Crippen molar-refractivity contribution in [2.75, 3.05) is 24.6 Å². The van der Waals surface area contributed by atoms with Crippen LogP contribution in [0, 0.1) is 19.3 Å². The molecular formula is C31H40N4O3. The van der Waals surface area contributed by atoms with Gasteiger partial charge in [-0.3, -0.25) is 9.69 Å². The Morgan fingerprint density at radius 2 is 1.97 bits per heavy atom. The van der Waals surface area contributed by atoms with Gasteiger partial charge in [-0.2, -0.15) is 0 Å². The van der Waals surface area contributed by atoms with Crippen LogP contribution in [0.25, 0.3) is 0 Å². The molecule has 0 radical (unpaired) electrons. The fourth-order valence-corrected chi connectivity index (χ4v) is 5.54. The Balaban J connectivity index is 1.77. The summed E-state index contributed by atoms with van der Waals surface area (Å²) >= 11 is 0. The van der Waals surface area contributed by atoms with Crippen molar-refractivity contribution in [1.82, 2.24) is 9.88 Å². The molecule has 0 saturated carbocycles. The third-order valence-electron chi connectivity index (χ3n) is 7.73. The molecule has 1 aliphatic heterocycles. The lowest BCUT2D eigenvalue weighted by Gasteiger charge is -2.34. The quantitative estimate of drug-likeness (QED) is 0.344. The number of aliphatic carboxylic acids is 1. The molecule has 202 valence electrons. The van der Waals surface area contributed by atoms with Crippen LogP contribution in [0.3, 0.4) is 0 Å². The molecule has 4 rings (SSSR count). The summed E-state index contributed by atoms with van der Waals surface area (Å²) in [5.41, 5.74) is 12.6. The van der Waals surface area contributed by atoms with Gasteiger partial charge in [0.1, 0.15) is 5.60 Å². The van der Waals surface area contributed by atoms with Crippen LogP contribution in [0.1, 0.15) is 67.0 Å². The number of nitrogens with two attached hydrogens (primary N) is 1. The lowest BCUT2D eigenvalue weighted by atomic mass is 9.69. The Morgan fingerprint density at radius 1 is 1.24 bits per heavy atom. The normalized spacial score (nSPS) is 16.2. The van der Waals surface area contributed by atoms with Gasteiger partial charge in [-0.25, -0.2) is 4.98 Å². The minimum Gasteiger partial charge on any atom is -0.481 e. The standard InChI is InChI=1S/C31H40N4O3/c1-19-10-11-21(26(31(5,6)29(36)37)24-12-13-25(33-7)27(32)20(24)2)15-23(19)17-35-16-22-9-8-14-34-28(22)38-30(3,4)18-35/h8-15,26,33H,16-18,32H2,1-7H3,(H,36,37). The van der Waals surface area contributed by atoms with Crippen LogP contribution in [0.5, 0.6) is 5.88 Å². The summed E-state index contributed by atoms with van der Waals surface area (Å²) in [5.74, 6) is -0.552. The molecule has 38 heavy (non-hydrogen) atoms. The molecule has 7 heteroatoms. The molecular weight excluding hydrogens is 476 g/mol. The third kappa shape index (κ3) is 5.34. The Labute approximate surface area is 226 Å². The van der Waals surface area contributed by atoms with E-state index in [4.69, 9.17) is 10.5 Å². The Bertz CT molecular complexity index is 1350. The molecule has 7 nitrogen and oxygen atoms in total. The lowest BCUT2D eigenvalue weighted by Crippen LogP contribution is -2.40. The van der Waals surface area contributed by atoms with E-state index in [9.17, 15) is 9.90 Å². The number of ether oxygens (including phenoxy) is 1. The predicted molar refractivity (Wildman–Crippen MR) is 153 cm³/mol. The Kier molecular flexibility index (Phi) is 7.44. The number of carbonyl (C=O) groups is 1. The first-order chi connectivity index (χ1) is 17.8. The van der Waals surface area contributed by atoms with Gasteiger partial charge in [0.2, 0.25) is 5.88 Å². The summed E-state index contributed by atoms with van der Waals surface area (Å²) < 4.78 is 6.24. The van der Waals surface area contributed by atoms with Crippen molar-refractivity contribution in [3.63, 3.8) is 0 Å². The highest BCUT2D eigenvalue weighted by Gasteiger charge is 2.40. The smallest absolute Gasteiger partial charge is 0.310 e. The highest BCUT2D eigenvalue weighted by atomic mass is 16.5. The maximum atomic E-state index is 12.6. The summed E-state index contributed by atoms with van der Waals surface area (Å²) in [7, 11) is 1.83. The monoisotopic (exact) mass is 516 g/mol. The number of aryl methyl sites for hydroxylation is 1. The minimum absolute atomic E-state index is 0.388. The van der Waals surface area contributed by atoms with E-state index in [0.717, 1.165) is 52.2 Å². The highest BCUT2D eigenvalue weighted by Crippen LogP contribution is 2.45. The molecule has 2 heterocycles. The number of pyridine rings is 1. The van der Waals surface area contributed by atoms with Crippen molar-refractivity contribution in [2.24, 2.45) is 5.41 Å². The van der Waals surface area contributed by atoms with Crippen LogP contribution < -0.4 is 15.8 Å². The molecule has 1 atom stereocenters. The largest absolute Gasteiger partial charge is 0.481 e. The van der Waals surface area contributed by atoms with Gasteiger partial charge < -0.3 is 20.9 Å². The van der Waals surface area contributed by atoms with Crippen LogP contribution in [0.15, 0.2) is 48.7 Å². The fourth-order valence-electron chi connectivity index (χ4n) is 5.54. The molecule has 0 bridgehead atoms. The summed E-state index contributed by atoms with van der Waals surface area (Å²) in [4.78, 5) is 19.4. The van der Waals surface area contributed by atoms with Gasteiger partial charge in [-0.05, 0) is 81.5 Å². The van der Waals surface area contributed by atoms with Crippen molar-refractivity contribution >= 4 is 17.3 Å². The topological polar surface area (TPSA) is 101 Å². The summed E-state index contributed by atoms with van der Waals surface area (Å²) in [6.07, 6.45) is 1.76. The zero-order valence-electron chi connectivity index (χ0n) is 23.6. The Hall–Kier alpha value is -3.58. The maximum absolute atomic E-state index is 12.6. The molecule has 0 aliphatic carbocycles. The van der Waals surface area contributed by atoms with Crippen molar-refractivity contribution in [1.29, 1.82) is 0 Å². The number of hydrogen-bond donors (Lipinski definition) is 3. The average Bonchev–Trinajstić information content (AvgIpc) is 2.97. The summed E-state index contributed by atoms with van der Waals surface area (Å²) in [6.45, 7) is 14.0. The number of rotatable bonds is 7. The van der Waals surface area contributed by atoms with Crippen molar-refractivity contribution in [3.8, 4) is 5.88 Å². The number of anilines is 2. The molecule has 1 aliphatic rings. The second-order valence-electron chi connectivity index (χ2n) is 11.6. The van der Waals surface area contributed by atoms with Gasteiger partial charge in [0.25, 0.3) is 0 Å². The average molecular weight is 517 g/mol. The molecule has 3 aromatic rings. The van der Waals surface area contributed by atoms with Crippen LogP contribution in [0.2, 0.25) is 0 Å². The fraction of sp³-hybridized carbons (Fsp3) is 0.419. The van der Waals surface area contributed by atoms with Crippen LogP contribution in [-0.2, 0) is 17.9 Å². The lowest BCUT2D eigenvalue weighted by molar-refractivity contribution is -0.147. The SMILES string of the molecule is CNc1ccc(C(c2ccc(C)c(CN3Cc4cccnc4OC(C)(C)C3)c2)C(C)(C)C(=O)O)c(C)c1N. The highest BCUT2D eigenvalue weighted by molar-refractivity contribution is 5.78. The van der Waals surface area contributed by atoms with E-state index < -0.39 is 17.0 Å². The van der Waals surface area contributed by atoms with E-state index in [1.165, 1.54) is 0 Å². The predicted octanol–water partition coefficient (Wildman–Crippen LogP) is 5.74. The Morgan fingerprint density at radius 3 is 2.66 bits per heavy atom. The summed E-state index contributed by atoms with van der Waals surface area (Å²) in [5, 5.41) is 13.4. The van der Waals surface area contributed by atoms with Crippen molar-refractivity contribution in [2.45, 2.75) is 66.2 Å². The van der Waals surface area contributed by atoms with Crippen LogP contribution in [-0.4, -0.2) is 40.2 Å². The molecule has 0 spiro atoms. The molecule has 4 N–H and O–H groups in total. The van der Waals surface area contributed by atoms with Gasteiger partial charge in [-0.1, -0.05) is 30.3 Å². The second-order valence-corrected chi connectivity index (χ2v) is 11.6. The van der Waals surface area contributed by atoms with Crippen LogP contribution >= 0.6 is 0 Å². The van der Waals surface area contributed by atoms with E-state index in [1.54, 1.807) is 20.0 Å². The molecule has 0 amide bonds. The second kappa shape index (κ2) is 10.3. The summed E-state index contributed by atoms with van der Waals surface area (Å²) in [6, 6.07) is 14.3. The molecule has 2 aromatic carbocycles. The van der Waals surface area contributed by atoms with Crippen molar-refractivity contribution < 1.29 is 14.6 Å². The number of aromatic nitrogens is 1. The number of carboxylic acid groups (broad SMARTS) is 1. The zero-order valence-corrected chi connectivity index (χ0v) is 23.6. The first-order valence-electron chi connectivity index (χ1n) is 13.1. The molecule has 1 aromatic heterocycles. The van der Waals surface area contributed by atoms with Gasteiger partial charge in [0.05, 0.1) is 16.8 Å². The number of fused-ring (bicyclic) bond motifs is 1. The number of nitrogens with zero attached hydrogens (tertiary/aromatic N) is 2. The number of carboxylic acids is 1. The minimum atomic E-state index is -1.06. The van der Waals surface area contributed by atoms with E-state index in [1.807, 2.05) is 32.2 Å². The number of nitrogen functional groups attached to an aromatic ring is 1. The van der Waals surface area contributed by atoms with Gasteiger partial charge in [0.15, 0.2) is 0 Å². The van der Waals surface area contributed by atoms with Gasteiger partial charge >= 0.3 is 5.97 Å². The molecule has 1 unspecified atom stereocenters. The van der Waals surface area contributed by atoms with E-state index in [0.29, 0.717) is 18.1 Å². The van der Waals surface area contributed by atoms with Gasteiger partial charge in [0, 0.05) is 44.4 Å². The third-order valence-corrected chi connectivity index (χ3v) is 7.73. The first-order valence-corrected chi connectivity index (χ1v) is 13.1. The molecule has 0 saturated heterocycles. The number of nitrogens with one attached hydrogen (secondary N) is 1. The van der Waals surface area contributed by atoms with E-state index >= 15 is 0 Å². The maximum Gasteiger partial charge on any atom is 0.310 e. The van der Waals surface area contributed by atoms with Crippen LogP contribution in [0.4, 0.5) is 11.4 Å². The van der Waals surface area contributed by atoms with E-state index in [2.05, 4.69) is 60.2 Å². The number of hydrogen-bond acceptors (Lipinski definition) is 6. The van der Waals surface area contributed by atoms with Gasteiger partial charge in [-0.15, -0.1) is 0 Å². The van der Waals surface area contributed by atoms with E-state index in [-0.39, 0.29) is 5.92 Å².